The molecule has 1 aliphatic heterocycles. The van der Waals surface area contributed by atoms with E-state index >= 15 is 0 Å². The maximum atomic E-state index is 12.0. The molecule has 25 heavy (non-hydrogen) atoms. The molecule has 3 rings (SSSR count). The Morgan fingerprint density at radius 3 is 2.76 bits per heavy atom. The lowest BCUT2D eigenvalue weighted by Crippen LogP contribution is -2.34. The minimum absolute atomic E-state index is 0.235. The fourth-order valence-electron chi connectivity index (χ4n) is 2.40. The van der Waals surface area contributed by atoms with Gasteiger partial charge in [-0.05, 0) is 36.4 Å². The molecule has 0 spiro atoms. The smallest absolute Gasteiger partial charge is 0.414 e. The molecule has 0 bridgehead atoms. The first-order valence-corrected chi connectivity index (χ1v) is 8.67. The highest BCUT2D eigenvalue weighted by atomic mass is 35.5. The number of rotatable bonds is 6. The zero-order chi connectivity index (χ0) is 17.8. The number of anilines is 2. The Morgan fingerprint density at radius 1 is 1.36 bits per heavy atom. The summed E-state index contributed by atoms with van der Waals surface area (Å²) in [5, 5.41) is 2.76. The van der Waals surface area contributed by atoms with Crippen LogP contribution in [-0.4, -0.2) is 38.3 Å². The molecule has 132 valence electrons. The van der Waals surface area contributed by atoms with E-state index in [1.165, 1.54) is 23.3 Å². The Bertz CT molecular complexity index is 765. The molecule has 2 aromatic rings. The number of carbonyl (C=O) groups excluding carboxylic acids is 2. The minimum atomic E-state index is -0.439. The lowest BCUT2D eigenvalue weighted by atomic mass is 10.2. The number of cyclic esters (lactones) is 1. The Hall–Kier alpha value is -2.29. The molecule has 1 fully saturated rings. The SMILES string of the molecule is CONc1ccc(N2CC(CNC(=O)c3ccc(Cl)s3)OC2=O)cc1. The van der Waals surface area contributed by atoms with Crippen LogP contribution in [0.15, 0.2) is 36.4 Å². The van der Waals surface area contributed by atoms with Crippen LogP contribution < -0.4 is 15.7 Å². The summed E-state index contributed by atoms with van der Waals surface area (Å²) < 4.78 is 5.86. The van der Waals surface area contributed by atoms with Crippen LogP contribution in [0.5, 0.6) is 0 Å². The number of nitrogens with zero attached hydrogens (tertiary/aromatic N) is 1. The van der Waals surface area contributed by atoms with Gasteiger partial charge in [-0.1, -0.05) is 11.6 Å². The first kappa shape index (κ1) is 17.5. The van der Waals surface area contributed by atoms with Crippen LogP contribution in [0.4, 0.5) is 16.2 Å². The second-order valence-corrected chi connectivity index (χ2v) is 7.00. The molecule has 1 atom stereocenters. The van der Waals surface area contributed by atoms with Crippen molar-refractivity contribution >= 4 is 46.3 Å². The summed E-state index contributed by atoms with van der Waals surface area (Å²) in [6, 6.07) is 10.5. The maximum absolute atomic E-state index is 12.0. The van der Waals surface area contributed by atoms with Gasteiger partial charge < -0.3 is 10.1 Å². The van der Waals surface area contributed by atoms with E-state index in [4.69, 9.17) is 21.2 Å². The van der Waals surface area contributed by atoms with Crippen molar-refractivity contribution in [3.8, 4) is 0 Å². The molecular weight excluding hydrogens is 366 g/mol. The van der Waals surface area contributed by atoms with E-state index in [2.05, 4.69) is 10.8 Å². The average molecular weight is 382 g/mol. The summed E-state index contributed by atoms with van der Waals surface area (Å²) in [4.78, 5) is 30.9. The Morgan fingerprint density at radius 2 is 2.12 bits per heavy atom. The topological polar surface area (TPSA) is 79.9 Å². The zero-order valence-corrected chi connectivity index (χ0v) is 14.9. The van der Waals surface area contributed by atoms with E-state index in [-0.39, 0.29) is 12.5 Å². The Balaban J connectivity index is 1.56. The van der Waals surface area contributed by atoms with Crippen molar-refractivity contribution in [3.63, 3.8) is 0 Å². The molecule has 2 N–H and O–H groups in total. The summed E-state index contributed by atoms with van der Waals surface area (Å²) in [6.45, 7) is 0.598. The molecule has 9 heteroatoms. The third kappa shape index (κ3) is 4.22. The number of hydrogen-bond acceptors (Lipinski definition) is 6. The highest BCUT2D eigenvalue weighted by Crippen LogP contribution is 2.24. The summed E-state index contributed by atoms with van der Waals surface area (Å²) in [5.41, 5.74) is 4.19. The first-order valence-electron chi connectivity index (χ1n) is 7.47. The number of nitrogens with one attached hydrogen (secondary N) is 2. The monoisotopic (exact) mass is 381 g/mol. The lowest BCUT2D eigenvalue weighted by molar-refractivity contribution is 0.0920. The molecule has 0 saturated carbocycles. The van der Waals surface area contributed by atoms with Gasteiger partial charge in [0.2, 0.25) is 0 Å². The standard InChI is InChI=1S/C16H16ClN3O4S/c1-23-19-10-2-4-11(5-3-10)20-9-12(24-16(20)22)8-18-15(21)13-6-7-14(17)25-13/h2-7,12,19H,8-9H2,1H3,(H,18,21). The van der Waals surface area contributed by atoms with Crippen LogP contribution in [0.2, 0.25) is 4.34 Å². The second-order valence-electron chi connectivity index (χ2n) is 5.28. The summed E-state index contributed by atoms with van der Waals surface area (Å²) >= 11 is 7.02. The summed E-state index contributed by atoms with van der Waals surface area (Å²) in [7, 11) is 1.52. The number of benzene rings is 1. The van der Waals surface area contributed by atoms with Gasteiger partial charge in [0.15, 0.2) is 0 Å². The van der Waals surface area contributed by atoms with Crippen LogP contribution >= 0.6 is 22.9 Å². The molecular formula is C16H16ClN3O4S. The van der Waals surface area contributed by atoms with Crippen molar-refractivity contribution in [1.82, 2.24) is 5.32 Å². The van der Waals surface area contributed by atoms with E-state index in [0.717, 1.165) is 5.69 Å². The van der Waals surface area contributed by atoms with E-state index < -0.39 is 12.2 Å². The normalized spacial score (nSPS) is 16.6. The van der Waals surface area contributed by atoms with Crippen LogP contribution in [0.3, 0.4) is 0 Å². The van der Waals surface area contributed by atoms with Crippen LogP contribution in [0.25, 0.3) is 0 Å². The van der Waals surface area contributed by atoms with Gasteiger partial charge in [0.05, 0.1) is 35.1 Å². The predicted octanol–water partition coefficient (Wildman–Crippen LogP) is 3.13. The highest BCUT2D eigenvalue weighted by molar-refractivity contribution is 7.17. The molecule has 0 aliphatic carbocycles. The van der Waals surface area contributed by atoms with Gasteiger partial charge in [-0.15, -0.1) is 11.3 Å². The van der Waals surface area contributed by atoms with Gasteiger partial charge in [-0.25, -0.2) is 4.79 Å². The lowest BCUT2D eigenvalue weighted by Gasteiger charge is -2.13. The third-order valence-corrected chi connectivity index (χ3v) is 4.79. The number of halogens is 1. The van der Waals surface area contributed by atoms with Gasteiger partial charge in [-0.3, -0.25) is 20.0 Å². The van der Waals surface area contributed by atoms with Gasteiger partial charge >= 0.3 is 6.09 Å². The molecule has 1 aromatic carbocycles. The summed E-state index contributed by atoms with van der Waals surface area (Å²) in [6.07, 6.45) is -0.852. The number of ether oxygens (including phenoxy) is 1. The Labute approximate surface area is 153 Å². The van der Waals surface area contributed by atoms with E-state index in [1.54, 1.807) is 36.4 Å². The van der Waals surface area contributed by atoms with Gasteiger partial charge in [0, 0.05) is 5.69 Å². The molecule has 1 aliphatic rings. The fraction of sp³-hybridized carbons (Fsp3) is 0.250. The van der Waals surface area contributed by atoms with E-state index in [1.807, 2.05) is 0 Å². The fourth-order valence-corrected chi connectivity index (χ4v) is 3.36. The van der Waals surface area contributed by atoms with Crippen molar-refractivity contribution in [2.75, 3.05) is 30.6 Å². The van der Waals surface area contributed by atoms with Gasteiger partial charge in [0.25, 0.3) is 5.91 Å². The number of hydrogen-bond donors (Lipinski definition) is 2. The largest absolute Gasteiger partial charge is 0.442 e. The van der Waals surface area contributed by atoms with Crippen LogP contribution in [0, 0.1) is 0 Å². The second kappa shape index (κ2) is 7.73. The number of amides is 2. The Kier molecular flexibility index (Phi) is 5.42. The molecule has 1 saturated heterocycles. The van der Waals surface area contributed by atoms with Crippen molar-refractivity contribution in [2.45, 2.75) is 6.10 Å². The highest BCUT2D eigenvalue weighted by Gasteiger charge is 2.32. The third-order valence-electron chi connectivity index (χ3n) is 3.56. The molecule has 2 amide bonds. The van der Waals surface area contributed by atoms with Gasteiger partial charge in [0.1, 0.15) is 6.10 Å². The van der Waals surface area contributed by atoms with Crippen molar-refractivity contribution in [1.29, 1.82) is 0 Å². The van der Waals surface area contributed by atoms with Crippen LogP contribution in [0.1, 0.15) is 9.67 Å². The number of thiophene rings is 1. The van der Waals surface area contributed by atoms with E-state index in [0.29, 0.717) is 21.4 Å². The average Bonchev–Trinajstić information content (AvgIpc) is 3.20. The van der Waals surface area contributed by atoms with Crippen molar-refractivity contribution in [2.24, 2.45) is 0 Å². The quantitative estimate of drug-likeness (QED) is 0.751. The summed E-state index contributed by atoms with van der Waals surface area (Å²) in [5.74, 6) is -0.235. The maximum Gasteiger partial charge on any atom is 0.414 e. The molecule has 2 heterocycles. The minimum Gasteiger partial charge on any atom is -0.442 e. The first-order chi connectivity index (χ1) is 12.1. The van der Waals surface area contributed by atoms with E-state index in [9.17, 15) is 9.59 Å². The molecule has 1 unspecified atom stereocenters. The number of carbonyl (C=O) groups is 2. The molecule has 7 nitrogen and oxygen atoms in total. The van der Waals surface area contributed by atoms with Crippen molar-refractivity contribution < 1.29 is 19.2 Å². The van der Waals surface area contributed by atoms with Gasteiger partial charge in [-0.2, -0.15) is 0 Å². The predicted molar refractivity (Wildman–Crippen MR) is 96.4 cm³/mol. The molecule has 0 radical (unpaired) electrons. The van der Waals surface area contributed by atoms with Crippen LogP contribution in [-0.2, 0) is 9.57 Å². The zero-order valence-electron chi connectivity index (χ0n) is 13.3. The molecule has 1 aromatic heterocycles. The van der Waals surface area contributed by atoms with Crippen molar-refractivity contribution in [3.05, 3.63) is 45.6 Å².